The molecule has 0 spiro atoms. The van der Waals surface area contributed by atoms with Crippen molar-refractivity contribution in [3.8, 4) is 5.75 Å². The number of nitrogens with one attached hydrogen (secondary N) is 1. The lowest BCUT2D eigenvalue weighted by molar-refractivity contribution is 0.0558. The van der Waals surface area contributed by atoms with Crippen molar-refractivity contribution in [3.63, 3.8) is 0 Å². The van der Waals surface area contributed by atoms with Crippen molar-refractivity contribution in [1.82, 2.24) is 5.32 Å². The molecule has 0 aromatic heterocycles. The lowest BCUT2D eigenvalue weighted by atomic mass is 9.90. The first kappa shape index (κ1) is 26.2. The zero-order valence-corrected chi connectivity index (χ0v) is 20.7. The number of carbonyl (C=O) groups excluding carboxylic acids is 2. The lowest BCUT2D eigenvalue weighted by Crippen LogP contribution is -2.29. The van der Waals surface area contributed by atoms with Gasteiger partial charge in [-0.1, -0.05) is 48.0 Å². The zero-order valence-electron chi connectivity index (χ0n) is 19.2. The highest BCUT2D eigenvalue weighted by Gasteiger charge is 2.36. The van der Waals surface area contributed by atoms with Crippen molar-refractivity contribution in [2.75, 3.05) is 25.7 Å². The van der Waals surface area contributed by atoms with Gasteiger partial charge in [0.25, 0.3) is 0 Å². The molecule has 0 fully saturated rings. The average Bonchev–Trinajstić information content (AvgIpc) is 2.85. The first-order valence-corrected chi connectivity index (χ1v) is 11.7. The first-order chi connectivity index (χ1) is 16.9. The minimum Gasteiger partial charge on any atom is -0.490 e. The Hall–Kier alpha value is -3.36. The maximum absolute atomic E-state index is 12.5. The maximum Gasteiger partial charge on any atom is 0.513 e. The zero-order chi connectivity index (χ0) is 25.2. The standard InChI is InChI=1S/C25H25Cl2NO7/c1-16-22(34-24(29)32-13-12-26)21(19-10-6-7-11-20(19)27)23(17(2)28-16)35-25(30)33-15-14-31-18-8-4-3-5-9-18/h3-11,21,28H,12-15H2,1-2H3. The second-order valence-electron chi connectivity index (χ2n) is 7.31. The van der Waals surface area contributed by atoms with E-state index in [-0.39, 0.29) is 37.2 Å². The summed E-state index contributed by atoms with van der Waals surface area (Å²) in [7, 11) is 0. The van der Waals surface area contributed by atoms with Gasteiger partial charge in [0.1, 0.15) is 43.0 Å². The van der Waals surface area contributed by atoms with Crippen LogP contribution in [0.5, 0.6) is 5.75 Å². The molecule has 1 aliphatic heterocycles. The number of rotatable bonds is 9. The quantitative estimate of drug-likeness (QED) is 0.240. The molecule has 35 heavy (non-hydrogen) atoms. The summed E-state index contributed by atoms with van der Waals surface area (Å²) in [4.78, 5) is 24.7. The van der Waals surface area contributed by atoms with Crippen molar-refractivity contribution in [2.24, 2.45) is 0 Å². The molecule has 0 radical (unpaired) electrons. The molecule has 2 aromatic carbocycles. The van der Waals surface area contributed by atoms with Crippen LogP contribution in [0.4, 0.5) is 9.59 Å². The second kappa shape index (κ2) is 12.9. The van der Waals surface area contributed by atoms with Crippen molar-refractivity contribution in [3.05, 3.63) is 88.1 Å². The van der Waals surface area contributed by atoms with Gasteiger partial charge in [0.05, 0.1) is 17.3 Å². The van der Waals surface area contributed by atoms with Gasteiger partial charge >= 0.3 is 12.3 Å². The highest BCUT2D eigenvalue weighted by atomic mass is 35.5. The molecule has 1 unspecified atom stereocenters. The van der Waals surface area contributed by atoms with Crippen LogP contribution in [0.2, 0.25) is 5.02 Å². The molecule has 0 saturated carbocycles. The van der Waals surface area contributed by atoms with E-state index < -0.39 is 18.2 Å². The minimum atomic E-state index is -0.946. The van der Waals surface area contributed by atoms with E-state index in [4.69, 9.17) is 46.9 Å². The summed E-state index contributed by atoms with van der Waals surface area (Å²) < 4.78 is 26.7. The van der Waals surface area contributed by atoms with Crippen LogP contribution in [0.15, 0.2) is 77.5 Å². The molecule has 1 atom stereocenters. The number of allylic oxidation sites excluding steroid dienone is 2. The third kappa shape index (κ3) is 7.31. The lowest BCUT2D eigenvalue weighted by Gasteiger charge is -2.30. The number of hydrogen-bond acceptors (Lipinski definition) is 8. The van der Waals surface area contributed by atoms with Crippen LogP contribution in [0, 0.1) is 0 Å². The van der Waals surface area contributed by atoms with Gasteiger partial charge in [-0.2, -0.15) is 0 Å². The third-order valence-corrected chi connectivity index (χ3v) is 5.35. The molecular formula is C25H25Cl2NO7. The van der Waals surface area contributed by atoms with Crippen molar-refractivity contribution in [1.29, 1.82) is 0 Å². The maximum atomic E-state index is 12.5. The molecule has 1 aliphatic rings. The average molecular weight is 522 g/mol. The Kier molecular flexibility index (Phi) is 9.69. The van der Waals surface area contributed by atoms with Gasteiger partial charge in [0, 0.05) is 5.02 Å². The summed E-state index contributed by atoms with van der Waals surface area (Å²) in [6.45, 7) is 3.52. The molecular weight excluding hydrogens is 497 g/mol. The van der Waals surface area contributed by atoms with Gasteiger partial charge in [0.15, 0.2) is 0 Å². The molecule has 10 heteroatoms. The molecule has 0 amide bonds. The summed E-state index contributed by atoms with van der Waals surface area (Å²) in [6.07, 6.45) is -1.89. The van der Waals surface area contributed by atoms with E-state index in [9.17, 15) is 9.59 Å². The van der Waals surface area contributed by atoms with Crippen molar-refractivity contribution in [2.45, 2.75) is 19.8 Å². The van der Waals surface area contributed by atoms with E-state index >= 15 is 0 Å². The number of halogens is 2. The number of carbonyl (C=O) groups is 2. The van der Waals surface area contributed by atoms with Crippen molar-refractivity contribution < 1.29 is 33.3 Å². The Morgan fingerprint density at radius 3 is 2.00 bits per heavy atom. The smallest absolute Gasteiger partial charge is 0.490 e. The molecule has 0 bridgehead atoms. The molecule has 3 rings (SSSR count). The monoisotopic (exact) mass is 521 g/mol. The van der Waals surface area contributed by atoms with Crippen LogP contribution < -0.4 is 10.1 Å². The SMILES string of the molecule is CC1=C(OC(=O)OCCCl)C(c2ccccc2Cl)C(OC(=O)OCCOc2ccccc2)=C(C)N1. The summed E-state index contributed by atoms with van der Waals surface area (Å²) in [5, 5.41) is 3.44. The molecule has 0 aliphatic carbocycles. The Balaban J connectivity index is 1.76. The molecule has 1 N–H and O–H groups in total. The Morgan fingerprint density at radius 2 is 1.40 bits per heavy atom. The first-order valence-electron chi connectivity index (χ1n) is 10.8. The summed E-state index contributed by atoms with van der Waals surface area (Å²) in [5.74, 6) is 0.284. The number of para-hydroxylation sites is 1. The van der Waals surface area contributed by atoms with Crippen LogP contribution in [0.1, 0.15) is 25.3 Å². The van der Waals surface area contributed by atoms with Gasteiger partial charge < -0.3 is 29.0 Å². The van der Waals surface area contributed by atoms with Crippen LogP contribution in [0.3, 0.4) is 0 Å². The number of benzene rings is 2. The Labute approximate surface area is 213 Å². The van der Waals surface area contributed by atoms with E-state index in [2.05, 4.69) is 5.32 Å². The van der Waals surface area contributed by atoms with Crippen molar-refractivity contribution >= 4 is 35.5 Å². The fourth-order valence-corrected chi connectivity index (χ4v) is 3.70. The number of ether oxygens (including phenoxy) is 5. The number of hydrogen-bond donors (Lipinski definition) is 1. The van der Waals surface area contributed by atoms with Gasteiger partial charge in [0.2, 0.25) is 0 Å². The van der Waals surface area contributed by atoms with E-state index in [1.165, 1.54) is 0 Å². The van der Waals surface area contributed by atoms with Gasteiger partial charge in [-0.15, -0.1) is 11.6 Å². The predicted octanol–water partition coefficient (Wildman–Crippen LogP) is 6.11. The second-order valence-corrected chi connectivity index (χ2v) is 8.09. The van der Waals surface area contributed by atoms with E-state index in [1.807, 2.05) is 18.2 Å². The molecule has 1 heterocycles. The Bertz CT molecular complexity index is 1100. The molecule has 0 saturated heterocycles. The largest absolute Gasteiger partial charge is 0.513 e. The summed E-state index contributed by atoms with van der Waals surface area (Å²) >= 11 is 12.0. The summed E-state index contributed by atoms with van der Waals surface area (Å²) in [6, 6.07) is 16.1. The highest BCUT2D eigenvalue weighted by Crippen LogP contribution is 2.42. The minimum absolute atomic E-state index is 0.0213. The van der Waals surface area contributed by atoms with Crippen LogP contribution in [0.25, 0.3) is 0 Å². The van der Waals surface area contributed by atoms with E-state index in [1.54, 1.807) is 50.2 Å². The number of alkyl halides is 1. The highest BCUT2D eigenvalue weighted by molar-refractivity contribution is 6.31. The van der Waals surface area contributed by atoms with Crippen LogP contribution in [-0.4, -0.2) is 38.0 Å². The fraction of sp³-hybridized carbons (Fsp3) is 0.280. The fourth-order valence-electron chi connectivity index (χ4n) is 3.38. The number of dihydropyridines is 1. The molecule has 8 nitrogen and oxygen atoms in total. The Morgan fingerprint density at radius 1 is 0.829 bits per heavy atom. The molecule has 186 valence electrons. The van der Waals surface area contributed by atoms with E-state index in [0.29, 0.717) is 27.7 Å². The third-order valence-electron chi connectivity index (χ3n) is 4.85. The normalized spacial score (nSPS) is 15.3. The summed E-state index contributed by atoms with van der Waals surface area (Å²) in [5.41, 5.74) is 1.60. The molecule has 2 aromatic rings. The van der Waals surface area contributed by atoms with Gasteiger partial charge in [-0.3, -0.25) is 0 Å². The van der Waals surface area contributed by atoms with Crippen LogP contribution in [-0.2, 0) is 18.9 Å². The topological polar surface area (TPSA) is 92.3 Å². The van der Waals surface area contributed by atoms with Gasteiger partial charge in [-0.25, -0.2) is 9.59 Å². The van der Waals surface area contributed by atoms with E-state index in [0.717, 1.165) is 0 Å². The van der Waals surface area contributed by atoms with Gasteiger partial charge in [-0.05, 0) is 37.6 Å². The van der Waals surface area contributed by atoms with Crippen LogP contribution >= 0.6 is 23.2 Å². The predicted molar refractivity (Wildman–Crippen MR) is 130 cm³/mol.